The number of sulfonamides is 1. The van der Waals surface area contributed by atoms with E-state index >= 15 is 0 Å². The molecule has 2 heterocycles. The van der Waals surface area contributed by atoms with E-state index < -0.39 is 10.0 Å². The maximum Gasteiger partial charge on any atom is 0.211 e. The zero-order chi connectivity index (χ0) is 13.2. The highest BCUT2D eigenvalue weighted by molar-refractivity contribution is 7.88. The molecule has 8 heteroatoms. The third-order valence-electron chi connectivity index (χ3n) is 2.97. The van der Waals surface area contributed by atoms with Crippen LogP contribution in [-0.4, -0.2) is 47.5 Å². The van der Waals surface area contributed by atoms with Crippen molar-refractivity contribution in [2.45, 2.75) is 32.2 Å². The highest BCUT2D eigenvalue weighted by Gasteiger charge is 2.26. The molecular weight excluding hydrogens is 272 g/mol. The first-order chi connectivity index (χ1) is 8.49. The monoisotopic (exact) mass is 290 g/mol. The van der Waals surface area contributed by atoms with Gasteiger partial charge in [0.05, 0.1) is 6.26 Å². The van der Waals surface area contributed by atoms with Crippen molar-refractivity contribution >= 4 is 26.7 Å². The number of nitrogens with one attached hydrogen (secondary N) is 1. The first-order valence-electron chi connectivity index (χ1n) is 6.03. The van der Waals surface area contributed by atoms with Crippen LogP contribution < -0.4 is 5.32 Å². The van der Waals surface area contributed by atoms with Gasteiger partial charge >= 0.3 is 0 Å². The summed E-state index contributed by atoms with van der Waals surface area (Å²) < 4.78 is 28.7. The zero-order valence-corrected chi connectivity index (χ0v) is 12.2. The molecule has 1 unspecified atom stereocenters. The summed E-state index contributed by atoms with van der Waals surface area (Å²) >= 11 is 1.34. The van der Waals surface area contributed by atoms with Crippen LogP contribution in [0.4, 0.5) is 5.13 Å². The van der Waals surface area contributed by atoms with Crippen LogP contribution in [0.3, 0.4) is 0 Å². The van der Waals surface area contributed by atoms with E-state index in [0.29, 0.717) is 13.1 Å². The molecule has 18 heavy (non-hydrogen) atoms. The standard InChI is InChI=1S/C10H18N4O2S2/c1-3-9-12-10(17-13-9)11-8-5-4-6-14(7-8)18(2,15)16/h8H,3-7H2,1-2H3,(H,11,12,13). The molecule has 1 aliphatic rings. The summed E-state index contributed by atoms with van der Waals surface area (Å²) in [5.74, 6) is 0.832. The van der Waals surface area contributed by atoms with Crippen LogP contribution in [0.2, 0.25) is 0 Å². The van der Waals surface area contributed by atoms with Crippen molar-refractivity contribution in [3.63, 3.8) is 0 Å². The Kier molecular flexibility index (Phi) is 4.18. The number of nitrogens with zero attached hydrogens (tertiary/aromatic N) is 3. The number of anilines is 1. The van der Waals surface area contributed by atoms with Gasteiger partial charge in [-0.25, -0.2) is 17.7 Å². The quantitative estimate of drug-likeness (QED) is 0.893. The largest absolute Gasteiger partial charge is 0.356 e. The number of rotatable bonds is 4. The second kappa shape index (κ2) is 5.50. The van der Waals surface area contributed by atoms with Crippen molar-refractivity contribution in [2.24, 2.45) is 0 Å². The first-order valence-corrected chi connectivity index (χ1v) is 8.65. The predicted octanol–water partition coefficient (Wildman–Crippen LogP) is 0.936. The van der Waals surface area contributed by atoms with Gasteiger partial charge in [-0.1, -0.05) is 6.92 Å². The molecule has 0 aromatic carbocycles. The van der Waals surface area contributed by atoms with Gasteiger partial charge < -0.3 is 5.32 Å². The Bertz CT molecular complexity index is 500. The molecule has 102 valence electrons. The average Bonchev–Trinajstić information content (AvgIpc) is 2.76. The third-order valence-corrected chi connectivity index (χ3v) is 4.92. The molecule has 1 saturated heterocycles. The van der Waals surface area contributed by atoms with Crippen molar-refractivity contribution in [2.75, 3.05) is 24.7 Å². The lowest BCUT2D eigenvalue weighted by atomic mass is 10.1. The molecule has 1 fully saturated rings. The van der Waals surface area contributed by atoms with E-state index in [1.54, 1.807) is 0 Å². The van der Waals surface area contributed by atoms with Crippen LogP contribution in [-0.2, 0) is 16.4 Å². The predicted molar refractivity (Wildman–Crippen MR) is 72.3 cm³/mol. The number of aryl methyl sites for hydroxylation is 1. The van der Waals surface area contributed by atoms with Crippen LogP contribution in [0.1, 0.15) is 25.6 Å². The minimum Gasteiger partial charge on any atom is -0.356 e. The zero-order valence-electron chi connectivity index (χ0n) is 10.6. The van der Waals surface area contributed by atoms with Crippen molar-refractivity contribution in [1.29, 1.82) is 0 Å². The minimum absolute atomic E-state index is 0.131. The topological polar surface area (TPSA) is 75.2 Å². The average molecular weight is 290 g/mol. The lowest BCUT2D eigenvalue weighted by Gasteiger charge is -2.31. The van der Waals surface area contributed by atoms with E-state index in [1.807, 2.05) is 6.92 Å². The van der Waals surface area contributed by atoms with Gasteiger partial charge in [0.1, 0.15) is 5.82 Å². The van der Waals surface area contributed by atoms with Crippen LogP contribution in [0, 0.1) is 0 Å². The van der Waals surface area contributed by atoms with Gasteiger partial charge in [-0.2, -0.15) is 4.37 Å². The summed E-state index contributed by atoms with van der Waals surface area (Å²) in [6, 6.07) is 0.131. The minimum atomic E-state index is -3.09. The summed E-state index contributed by atoms with van der Waals surface area (Å²) in [6.45, 7) is 3.14. The summed E-state index contributed by atoms with van der Waals surface area (Å²) in [5, 5.41) is 4.06. The van der Waals surface area contributed by atoms with Crippen LogP contribution in [0.25, 0.3) is 0 Å². The van der Waals surface area contributed by atoms with Crippen molar-refractivity contribution in [1.82, 2.24) is 13.7 Å². The smallest absolute Gasteiger partial charge is 0.211 e. The van der Waals surface area contributed by atoms with E-state index in [-0.39, 0.29) is 6.04 Å². The first kappa shape index (κ1) is 13.7. The van der Waals surface area contributed by atoms with E-state index in [4.69, 9.17) is 0 Å². The lowest BCUT2D eigenvalue weighted by molar-refractivity contribution is 0.329. The van der Waals surface area contributed by atoms with Gasteiger partial charge in [0.15, 0.2) is 0 Å². The molecule has 1 aromatic rings. The van der Waals surface area contributed by atoms with Crippen LogP contribution >= 0.6 is 11.5 Å². The Labute approximate surface area is 112 Å². The van der Waals surface area contributed by atoms with Gasteiger partial charge in [0, 0.05) is 37.1 Å². The fourth-order valence-corrected chi connectivity index (χ4v) is 3.63. The molecule has 0 amide bonds. The van der Waals surface area contributed by atoms with Crippen LogP contribution in [0.5, 0.6) is 0 Å². The third kappa shape index (κ3) is 3.39. The van der Waals surface area contributed by atoms with Gasteiger partial charge in [0.2, 0.25) is 15.2 Å². The summed E-state index contributed by atoms with van der Waals surface area (Å²) in [4.78, 5) is 4.34. The maximum atomic E-state index is 11.5. The second-order valence-corrected chi connectivity index (χ2v) is 7.21. The maximum absolute atomic E-state index is 11.5. The molecule has 2 rings (SSSR count). The van der Waals surface area contributed by atoms with Gasteiger partial charge in [0.25, 0.3) is 0 Å². The molecule has 1 atom stereocenters. The lowest BCUT2D eigenvalue weighted by Crippen LogP contribution is -2.44. The summed E-state index contributed by atoms with van der Waals surface area (Å²) in [5.41, 5.74) is 0. The molecule has 0 spiro atoms. The van der Waals surface area contributed by atoms with Crippen molar-refractivity contribution in [3.8, 4) is 0 Å². The number of piperidine rings is 1. The Hall–Kier alpha value is -0.730. The Morgan fingerprint density at radius 1 is 1.56 bits per heavy atom. The molecule has 1 N–H and O–H groups in total. The molecule has 0 aliphatic carbocycles. The summed E-state index contributed by atoms with van der Waals surface area (Å²) in [7, 11) is -3.09. The Morgan fingerprint density at radius 3 is 2.94 bits per heavy atom. The molecule has 1 aliphatic heterocycles. The van der Waals surface area contributed by atoms with E-state index in [0.717, 1.165) is 30.2 Å². The number of hydrogen-bond acceptors (Lipinski definition) is 6. The molecule has 1 aromatic heterocycles. The molecule has 0 radical (unpaired) electrons. The van der Waals surface area contributed by atoms with Crippen molar-refractivity contribution < 1.29 is 8.42 Å². The fraction of sp³-hybridized carbons (Fsp3) is 0.800. The Morgan fingerprint density at radius 2 is 2.33 bits per heavy atom. The fourth-order valence-electron chi connectivity index (χ4n) is 1.99. The highest BCUT2D eigenvalue weighted by Crippen LogP contribution is 2.19. The second-order valence-electron chi connectivity index (χ2n) is 4.47. The van der Waals surface area contributed by atoms with Crippen molar-refractivity contribution in [3.05, 3.63) is 5.82 Å². The number of aromatic nitrogens is 2. The van der Waals surface area contributed by atoms with Gasteiger partial charge in [-0.05, 0) is 12.8 Å². The SMILES string of the molecule is CCc1nsc(NC2CCCN(S(C)(=O)=O)C2)n1. The van der Waals surface area contributed by atoms with Gasteiger partial charge in [-0.15, -0.1) is 0 Å². The Balaban J connectivity index is 1.97. The molecule has 0 bridgehead atoms. The molecule has 0 saturated carbocycles. The number of hydrogen-bond donors (Lipinski definition) is 1. The van der Waals surface area contributed by atoms with E-state index in [2.05, 4.69) is 14.7 Å². The molecule has 6 nitrogen and oxygen atoms in total. The van der Waals surface area contributed by atoms with Crippen LogP contribution in [0.15, 0.2) is 0 Å². The normalized spacial score (nSPS) is 22.0. The van der Waals surface area contributed by atoms with E-state index in [9.17, 15) is 8.42 Å². The molecular formula is C10H18N4O2S2. The van der Waals surface area contributed by atoms with E-state index in [1.165, 1.54) is 22.1 Å². The highest BCUT2D eigenvalue weighted by atomic mass is 32.2. The summed E-state index contributed by atoms with van der Waals surface area (Å²) in [6.07, 6.45) is 3.92. The van der Waals surface area contributed by atoms with Gasteiger partial charge in [-0.3, -0.25) is 0 Å².